The van der Waals surface area contributed by atoms with Crippen molar-refractivity contribution in [2.75, 3.05) is 18.6 Å². The molecule has 0 aliphatic heterocycles. The van der Waals surface area contributed by atoms with Crippen LogP contribution in [0.3, 0.4) is 0 Å². The zero-order valence-electron chi connectivity index (χ0n) is 14.8. The van der Waals surface area contributed by atoms with Crippen LogP contribution >= 0.6 is 0 Å². The Balaban J connectivity index is 1.65. The SMILES string of the molecule is CN(C(=O)COC(=O)[C@H](Cc1ccccc1)n1cnnn1)c1ccccc1. The van der Waals surface area contributed by atoms with Gasteiger partial charge >= 0.3 is 5.97 Å². The highest BCUT2D eigenvalue weighted by Crippen LogP contribution is 2.16. The van der Waals surface area contributed by atoms with E-state index >= 15 is 0 Å². The van der Waals surface area contributed by atoms with Gasteiger partial charge in [0.2, 0.25) is 0 Å². The lowest BCUT2D eigenvalue weighted by molar-refractivity contribution is -0.151. The molecule has 138 valence electrons. The van der Waals surface area contributed by atoms with E-state index in [9.17, 15) is 9.59 Å². The molecule has 3 rings (SSSR count). The molecular weight excluding hydrogens is 346 g/mol. The van der Waals surface area contributed by atoms with Crippen molar-refractivity contribution in [2.24, 2.45) is 0 Å². The number of nitrogens with zero attached hydrogens (tertiary/aromatic N) is 5. The summed E-state index contributed by atoms with van der Waals surface area (Å²) in [4.78, 5) is 26.4. The molecule has 0 bridgehead atoms. The Morgan fingerprint density at radius 2 is 1.74 bits per heavy atom. The van der Waals surface area contributed by atoms with Crippen molar-refractivity contribution in [2.45, 2.75) is 12.5 Å². The number of tetrazole rings is 1. The van der Waals surface area contributed by atoms with Gasteiger partial charge < -0.3 is 9.64 Å². The molecule has 0 unspecified atom stereocenters. The first-order valence-corrected chi connectivity index (χ1v) is 8.40. The van der Waals surface area contributed by atoms with Gasteiger partial charge in [-0.1, -0.05) is 48.5 Å². The fourth-order valence-corrected chi connectivity index (χ4v) is 2.55. The predicted octanol–water partition coefficient (Wildman–Crippen LogP) is 1.66. The predicted molar refractivity (Wildman–Crippen MR) is 97.8 cm³/mol. The molecular formula is C19H19N5O3. The fraction of sp³-hybridized carbons (Fsp3) is 0.211. The molecule has 8 heteroatoms. The zero-order chi connectivity index (χ0) is 19.1. The summed E-state index contributed by atoms with van der Waals surface area (Å²) in [6.45, 7) is -0.363. The van der Waals surface area contributed by atoms with Crippen LogP contribution in [0.5, 0.6) is 0 Å². The van der Waals surface area contributed by atoms with Crippen molar-refractivity contribution in [1.82, 2.24) is 20.2 Å². The molecule has 0 radical (unpaired) electrons. The van der Waals surface area contributed by atoms with Gasteiger partial charge in [-0.3, -0.25) is 4.79 Å². The molecule has 8 nitrogen and oxygen atoms in total. The van der Waals surface area contributed by atoms with E-state index in [1.165, 1.54) is 15.9 Å². The minimum absolute atomic E-state index is 0.329. The maximum atomic E-state index is 12.6. The van der Waals surface area contributed by atoms with Crippen LogP contribution in [0.15, 0.2) is 67.0 Å². The first-order valence-electron chi connectivity index (χ1n) is 8.40. The second kappa shape index (κ2) is 8.70. The Morgan fingerprint density at radius 3 is 2.37 bits per heavy atom. The van der Waals surface area contributed by atoms with Crippen LogP contribution in [0.25, 0.3) is 0 Å². The summed E-state index contributed by atoms with van der Waals surface area (Å²) in [5, 5.41) is 11.0. The number of ether oxygens (including phenoxy) is 1. The minimum Gasteiger partial charge on any atom is -0.454 e. The Labute approximate surface area is 156 Å². The maximum absolute atomic E-state index is 12.6. The normalized spacial score (nSPS) is 11.6. The summed E-state index contributed by atoms with van der Waals surface area (Å²) in [7, 11) is 1.63. The van der Waals surface area contributed by atoms with Crippen LogP contribution in [-0.4, -0.2) is 45.7 Å². The number of para-hydroxylation sites is 1. The number of anilines is 1. The van der Waals surface area contributed by atoms with Crippen LogP contribution in [0.2, 0.25) is 0 Å². The average molecular weight is 365 g/mol. The number of carbonyl (C=O) groups is 2. The molecule has 0 fully saturated rings. The maximum Gasteiger partial charge on any atom is 0.331 e. The molecule has 0 N–H and O–H groups in total. The summed E-state index contributed by atoms with van der Waals surface area (Å²) < 4.78 is 6.59. The number of esters is 1. The van der Waals surface area contributed by atoms with Gasteiger partial charge in [-0.2, -0.15) is 0 Å². The smallest absolute Gasteiger partial charge is 0.331 e. The molecule has 1 amide bonds. The third kappa shape index (κ3) is 4.75. The third-order valence-electron chi connectivity index (χ3n) is 4.08. The van der Waals surface area contributed by atoms with Gasteiger partial charge in [-0.15, -0.1) is 5.10 Å². The van der Waals surface area contributed by atoms with Crippen molar-refractivity contribution in [3.8, 4) is 0 Å². The van der Waals surface area contributed by atoms with Crippen molar-refractivity contribution in [1.29, 1.82) is 0 Å². The molecule has 0 aliphatic rings. The number of likely N-dealkylation sites (N-methyl/N-ethyl adjacent to an activating group) is 1. The number of rotatable bonds is 7. The number of benzene rings is 2. The number of carbonyl (C=O) groups excluding carboxylic acids is 2. The van der Waals surface area contributed by atoms with E-state index in [-0.39, 0.29) is 12.5 Å². The van der Waals surface area contributed by atoms with Crippen LogP contribution < -0.4 is 4.90 Å². The molecule has 0 spiro atoms. The second-order valence-corrected chi connectivity index (χ2v) is 5.89. The van der Waals surface area contributed by atoms with E-state index in [2.05, 4.69) is 15.5 Å². The number of aromatic nitrogens is 4. The highest BCUT2D eigenvalue weighted by Gasteiger charge is 2.25. The van der Waals surface area contributed by atoms with Gasteiger partial charge in [0.25, 0.3) is 5.91 Å². The number of hydrogen-bond donors (Lipinski definition) is 0. The number of hydrogen-bond acceptors (Lipinski definition) is 6. The summed E-state index contributed by atoms with van der Waals surface area (Å²) in [6.07, 6.45) is 1.71. The van der Waals surface area contributed by atoms with Crippen LogP contribution in [0.1, 0.15) is 11.6 Å². The summed E-state index contributed by atoms with van der Waals surface area (Å²) in [5.41, 5.74) is 1.66. The molecule has 1 atom stereocenters. The lowest BCUT2D eigenvalue weighted by Crippen LogP contribution is -2.33. The van der Waals surface area contributed by atoms with Gasteiger partial charge in [-0.25, -0.2) is 9.48 Å². The Bertz CT molecular complexity index is 869. The van der Waals surface area contributed by atoms with Crippen molar-refractivity contribution in [3.63, 3.8) is 0 Å². The second-order valence-electron chi connectivity index (χ2n) is 5.89. The summed E-state index contributed by atoms with van der Waals surface area (Å²) in [6, 6.07) is 17.9. The highest BCUT2D eigenvalue weighted by molar-refractivity contribution is 5.94. The molecule has 0 saturated heterocycles. The molecule has 0 saturated carbocycles. The van der Waals surface area contributed by atoms with E-state index in [0.717, 1.165) is 11.3 Å². The van der Waals surface area contributed by atoms with Gasteiger partial charge in [-0.05, 0) is 28.1 Å². The quantitative estimate of drug-likeness (QED) is 0.592. The van der Waals surface area contributed by atoms with E-state index in [4.69, 9.17) is 4.74 Å². The molecule has 1 aromatic heterocycles. The average Bonchev–Trinajstić information content (AvgIpc) is 3.25. The van der Waals surface area contributed by atoms with Gasteiger partial charge in [0.05, 0.1) is 0 Å². The highest BCUT2D eigenvalue weighted by atomic mass is 16.5. The van der Waals surface area contributed by atoms with E-state index in [1.807, 2.05) is 48.5 Å². The first-order chi connectivity index (χ1) is 13.1. The Hall–Kier alpha value is -3.55. The van der Waals surface area contributed by atoms with E-state index in [0.29, 0.717) is 6.42 Å². The van der Waals surface area contributed by atoms with Crippen LogP contribution in [0, 0.1) is 0 Å². The van der Waals surface area contributed by atoms with Gasteiger partial charge in [0, 0.05) is 19.2 Å². The summed E-state index contributed by atoms with van der Waals surface area (Å²) in [5.74, 6) is -0.898. The monoisotopic (exact) mass is 365 g/mol. The fourth-order valence-electron chi connectivity index (χ4n) is 2.55. The lowest BCUT2D eigenvalue weighted by atomic mass is 10.1. The Kier molecular flexibility index (Phi) is 5.88. The van der Waals surface area contributed by atoms with Crippen LogP contribution in [-0.2, 0) is 20.7 Å². The van der Waals surface area contributed by atoms with E-state index < -0.39 is 12.0 Å². The molecule has 3 aromatic rings. The largest absolute Gasteiger partial charge is 0.454 e. The molecule has 0 aliphatic carbocycles. The van der Waals surface area contributed by atoms with E-state index in [1.54, 1.807) is 19.2 Å². The first kappa shape index (κ1) is 18.2. The van der Waals surface area contributed by atoms with Gasteiger partial charge in [0.1, 0.15) is 6.33 Å². The topological polar surface area (TPSA) is 90.2 Å². The van der Waals surface area contributed by atoms with Gasteiger partial charge in [0.15, 0.2) is 12.6 Å². The molecule has 1 heterocycles. The standard InChI is InChI=1S/C19H19N5O3/c1-23(16-10-6-3-7-11-16)18(25)13-27-19(26)17(24-14-20-21-22-24)12-15-8-4-2-5-9-15/h2-11,14,17H,12-13H2,1H3/t17-/m0/s1. The summed E-state index contributed by atoms with van der Waals surface area (Å²) >= 11 is 0. The van der Waals surface area contributed by atoms with Crippen molar-refractivity contribution >= 4 is 17.6 Å². The zero-order valence-corrected chi connectivity index (χ0v) is 14.8. The lowest BCUT2D eigenvalue weighted by Gasteiger charge is -2.19. The van der Waals surface area contributed by atoms with Crippen molar-refractivity contribution < 1.29 is 14.3 Å². The third-order valence-corrected chi connectivity index (χ3v) is 4.08. The molecule has 27 heavy (non-hydrogen) atoms. The van der Waals surface area contributed by atoms with Crippen molar-refractivity contribution in [3.05, 3.63) is 72.6 Å². The van der Waals surface area contributed by atoms with Crippen LogP contribution in [0.4, 0.5) is 5.69 Å². The minimum atomic E-state index is -0.753. The molecule has 2 aromatic carbocycles. The Morgan fingerprint density at radius 1 is 1.07 bits per heavy atom. The number of amides is 1.